The minimum atomic E-state index is -0.467. The third kappa shape index (κ3) is 6.23. The van der Waals surface area contributed by atoms with E-state index in [4.69, 9.17) is 21.1 Å². The zero-order chi connectivity index (χ0) is 23.1. The van der Waals surface area contributed by atoms with Crippen LogP contribution in [-0.2, 0) is 27.5 Å². The first-order chi connectivity index (χ1) is 16.0. The van der Waals surface area contributed by atoms with Crippen LogP contribution in [-0.4, -0.2) is 64.6 Å². The highest BCUT2D eigenvalue weighted by Crippen LogP contribution is 2.37. The summed E-state index contributed by atoms with van der Waals surface area (Å²) in [6.07, 6.45) is 5.80. The maximum Gasteiger partial charge on any atom is 0.260 e. The minimum Gasteiger partial charge on any atom is -0.484 e. The average Bonchev–Trinajstić information content (AvgIpc) is 3.28. The molecule has 1 saturated heterocycles. The molecular formula is C23H30ClN5O4. The number of nitrogens with zero attached hydrogens (tertiary/aromatic N) is 4. The molecule has 0 atom stereocenters. The van der Waals surface area contributed by atoms with E-state index in [1.54, 1.807) is 29.2 Å². The molecule has 0 unspecified atom stereocenters. The largest absolute Gasteiger partial charge is 0.484 e. The molecule has 1 fully saturated rings. The van der Waals surface area contributed by atoms with Gasteiger partial charge in [0.25, 0.3) is 5.91 Å². The fourth-order valence-electron chi connectivity index (χ4n) is 4.39. The number of ether oxygens (including phenoxy) is 2. The van der Waals surface area contributed by atoms with Crippen molar-refractivity contribution in [2.24, 2.45) is 5.41 Å². The molecule has 0 aliphatic carbocycles. The predicted molar refractivity (Wildman–Crippen MR) is 122 cm³/mol. The van der Waals surface area contributed by atoms with Crippen molar-refractivity contribution in [3.63, 3.8) is 0 Å². The van der Waals surface area contributed by atoms with Gasteiger partial charge in [-0.2, -0.15) is 0 Å². The van der Waals surface area contributed by atoms with E-state index in [1.165, 1.54) is 0 Å². The Bertz CT molecular complexity index is 941. The molecule has 9 nitrogen and oxygen atoms in total. The molecule has 4 rings (SSSR count). The number of amides is 2. The number of hydrogen-bond donors (Lipinski definition) is 1. The highest BCUT2D eigenvalue weighted by atomic mass is 35.5. The maximum atomic E-state index is 13.2. The second-order valence-corrected chi connectivity index (χ2v) is 9.08. The highest BCUT2D eigenvalue weighted by molar-refractivity contribution is 6.30. The van der Waals surface area contributed by atoms with Gasteiger partial charge in [-0.1, -0.05) is 23.2 Å². The first-order valence-corrected chi connectivity index (χ1v) is 11.8. The summed E-state index contributed by atoms with van der Waals surface area (Å²) >= 11 is 5.88. The molecule has 0 saturated carbocycles. The summed E-state index contributed by atoms with van der Waals surface area (Å²) in [7, 11) is 0. The summed E-state index contributed by atoms with van der Waals surface area (Å²) in [6, 6.07) is 6.93. The summed E-state index contributed by atoms with van der Waals surface area (Å²) < 4.78 is 13.1. The second kappa shape index (κ2) is 11.0. The SMILES string of the molecule is O=C(COc1ccc(Cl)cc1)N1CCC2(CCCCn3cc(nn3)COCCNC2=O)CC1. The standard InChI is InChI=1S/C23H30ClN5O4/c24-18-3-5-20(6-4-18)33-17-21(30)28-12-8-23(9-13-28)7-1-2-11-29-15-19(26-27-29)16-32-14-10-25-22(23)31/h3-6,15H,1-2,7-14,16-17H2,(H,25,31). The quantitative estimate of drug-likeness (QED) is 0.732. The van der Waals surface area contributed by atoms with Gasteiger partial charge >= 0.3 is 0 Å². The van der Waals surface area contributed by atoms with Gasteiger partial charge in [0.2, 0.25) is 5.91 Å². The molecule has 0 radical (unpaired) electrons. The molecule has 178 valence electrons. The molecule has 1 N–H and O–H groups in total. The smallest absolute Gasteiger partial charge is 0.260 e. The van der Waals surface area contributed by atoms with Crippen molar-refractivity contribution in [3.05, 3.63) is 41.2 Å². The van der Waals surface area contributed by atoms with Gasteiger partial charge in [0.1, 0.15) is 11.4 Å². The molecule has 2 aliphatic heterocycles. The third-order valence-electron chi connectivity index (χ3n) is 6.39. The van der Waals surface area contributed by atoms with E-state index in [9.17, 15) is 9.59 Å². The van der Waals surface area contributed by atoms with Crippen LogP contribution in [0.2, 0.25) is 5.02 Å². The number of fused-ring (bicyclic) bond motifs is 2. The summed E-state index contributed by atoms with van der Waals surface area (Å²) in [5, 5.41) is 11.9. The van der Waals surface area contributed by atoms with Crippen LogP contribution in [0.1, 0.15) is 37.8 Å². The lowest BCUT2D eigenvalue weighted by Crippen LogP contribution is -2.51. The van der Waals surface area contributed by atoms with Crippen molar-refractivity contribution in [1.29, 1.82) is 0 Å². The Morgan fingerprint density at radius 2 is 1.94 bits per heavy atom. The van der Waals surface area contributed by atoms with Crippen molar-refractivity contribution in [2.75, 3.05) is 32.8 Å². The molecule has 3 heterocycles. The lowest BCUT2D eigenvalue weighted by Gasteiger charge is -2.41. The number of aryl methyl sites for hydroxylation is 1. The number of likely N-dealkylation sites (tertiary alicyclic amines) is 1. The van der Waals surface area contributed by atoms with Gasteiger partial charge in [0, 0.05) is 31.2 Å². The highest BCUT2D eigenvalue weighted by Gasteiger charge is 2.41. The Hall–Kier alpha value is -2.65. The van der Waals surface area contributed by atoms with E-state index < -0.39 is 5.41 Å². The van der Waals surface area contributed by atoms with Crippen LogP contribution >= 0.6 is 11.6 Å². The van der Waals surface area contributed by atoms with Crippen molar-refractivity contribution < 1.29 is 19.1 Å². The summed E-state index contributed by atoms with van der Waals surface area (Å²) in [4.78, 5) is 27.6. The van der Waals surface area contributed by atoms with E-state index in [-0.39, 0.29) is 18.4 Å². The fourth-order valence-corrected chi connectivity index (χ4v) is 4.52. The molecule has 2 aliphatic rings. The zero-order valence-corrected chi connectivity index (χ0v) is 19.4. The van der Waals surface area contributed by atoms with Crippen LogP contribution in [0.25, 0.3) is 0 Å². The van der Waals surface area contributed by atoms with E-state index in [2.05, 4.69) is 15.6 Å². The minimum absolute atomic E-state index is 0.0297. The van der Waals surface area contributed by atoms with Gasteiger partial charge in [0.05, 0.1) is 24.8 Å². The molecule has 1 spiro atoms. The molecule has 2 aromatic rings. The first kappa shape index (κ1) is 23.5. The molecule has 1 aromatic carbocycles. The van der Waals surface area contributed by atoms with E-state index >= 15 is 0 Å². The van der Waals surface area contributed by atoms with E-state index in [0.29, 0.717) is 56.5 Å². The fraction of sp³-hybridized carbons (Fsp3) is 0.565. The van der Waals surface area contributed by atoms with Gasteiger partial charge in [-0.15, -0.1) is 5.10 Å². The lowest BCUT2D eigenvalue weighted by molar-refractivity contribution is -0.142. The van der Waals surface area contributed by atoms with Crippen LogP contribution in [0.5, 0.6) is 5.75 Å². The number of rotatable bonds is 3. The van der Waals surface area contributed by atoms with Crippen LogP contribution < -0.4 is 10.1 Å². The van der Waals surface area contributed by atoms with Gasteiger partial charge in [-0.3, -0.25) is 14.3 Å². The summed E-state index contributed by atoms with van der Waals surface area (Å²) in [5.74, 6) is 0.592. The van der Waals surface area contributed by atoms with Crippen molar-refractivity contribution in [1.82, 2.24) is 25.2 Å². The van der Waals surface area contributed by atoms with Crippen LogP contribution in [0.15, 0.2) is 30.5 Å². The van der Waals surface area contributed by atoms with Gasteiger partial charge in [-0.25, -0.2) is 0 Å². The van der Waals surface area contributed by atoms with Gasteiger partial charge in [-0.05, 0) is 49.9 Å². The molecule has 2 amide bonds. The maximum absolute atomic E-state index is 13.2. The zero-order valence-electron chi connectivity index (χ0n) is 18.7. The van der Waals surface area contributed by atoms with Crippen LogP contribution in [0.4, 0.5) is 0 Å². The topological polar surface area (TPSA) is 98.6 Å². The van der Waals surface area contributed by atoms with E-state index in [1.807, 2.05) is 10.9 Å². The monoisotopic (exact) mass is 475 g/mol. The van der Waals surface area contributed by atoms with Crippen LogP contribution in [0, 0.1) is 5.41 Å². The number of hydrogen-bond acceptors (Lipinski definition) is 6. The molecule has 10 heteroatoms. The first-order valence-electron chi connectivity index (χ1n) is 11.5. The molecule has 2 bridgehead atoms. The van der Waals surface area contributed by atoms with Crippen LogP contribution in [0.3, 0.4) is 0 Å². The average molecular weight is 476 g/mol. The second-order valence-electron chi connectivity index (χ2n) is 8.64. The normalized spacial score (nSPS) is 19.5. The number of benzene rings is 1. The third-order valence-corrected chi connectivity index (χ3v) is 6.64. The Morgan fingerprint density at radius 3 is 2.73 bits per heavy atom. The van der Waals surface area contributed by atoms with Crippen molar-refractivity contribution in [3.8, 4) is 5.75 Å². The number of carbonyl (C=O) groups is 2. The van der Waals surface area contributed by atoms with E-state index in [0.717, 1.165) is 31.5 Å². The number of nitrogens with one attached hydrogen (secondary N) is 1. The number of carbonyl (C=O) groups excluding carboxylic acids is 2. The van der Waals surface area contributed by atoms with Gasteiger partial charge in [0.15, 0.2) is 6.61 Å². The molecule has 1 aromatic heterocycles. The molecular weight excluding hydrogens is 446 g/mol. The Morgan fingerprint density at radius 1 is 1.15 bits per heavy atom. The summed E-state index contributed by atoms with van der Waals surface area (Å²) in [6.45, 7) is 3.07. The Labute approximate surface area is 198 Å². The number of halogens is 1. The lowest BCUT2D eigenvalue weighted by atomic mass is 9.73. The Kier molecular flexibility index (Phi) is 7.82. The Balaban J connectivity index is 1.32. The summed E-state index contributed by atoms with van der Waals surface area (Å²) in [5.41, 5.74) is 0.331. The molecule has 33 heavy (non-hydrogen) atoms. The van der Waals surface area contributed by atoms with Gasteiger partial charge < -0.3 is 19.7 Å². The van der Waals surface area contributed by atoms with Crippen molar-refractivity contribution in [2.45, 2.75) is 45.3 Å². The number of piperidine rings is 1. The predicted octanol–water partition coefficient (Wildman–Crippen LogP) is 2.44. The van der Waals surface area contributed by atoms with Crippen molar-refractivity contribution >= 4 is 23.4 Å². The number of aromatic nitrogens is 3.